The number of nitrogens with one attached hydrogen (secondary N) is 1. The van der Waals surface area contributed by atoms with Crippen LogP contribution < -0.4 is 29.2 Å². The molecular formula is C23H28N2O6. The van der Waals surface area contributed by atoms with E-state index in [0.29, 0.717) is 55.1 Å². The van der Waals surface area contributed by atoms with Crippen LogP contribution in [0.1, 0.15) is 13.8 Å². The molecule has 0 spiro atoms. The van der Waals surface area contributed by atoms with Crippen LogP contribution in [-0.2, 0) is 9.53 Å². The first kappa shape index (κ1) is 21.1. The van der Waals surface area contributed by atoms with E-state index in [1.807, 2.05) is 44.2 Å². The topological polar surface area (TPSA) is 78.5 Å². The third-order valence-corrected chi connectivity index (χ3v) is 5.07. The zero-order valence-corrected chi connectivity index (χ0v) is 17.9. The maximum atomic E-state index is 13.0. The number of morpholine rings is 1. The lowest BCUT2D eigenvalue weighted by molar-refractivity contribution is -0.125. The Kier molecular flexibility index (Phi) is 6.66. The molecular weight excluding hydrogens is 400 g/mol. The molecule has 0 bridgehead atoms. The van der Waals surface area contributed by atoms with Crippen LogP contribution in [0.3, 0.4) is 0 Å². The predicted octanol–water partition coefficient (Wildman–Crippen LogP) is 3.10. The smallest absolute Gasteiger partial charge is 0.269 e. The number of para-hydroxylation sites is 2. The number of carbonyl (C=O) groups is 1. The second-order valence-electron chi connectivity index (χ2n) is 7.14. The van der Waals surface area contributed by atoms with Gasteiger partial charge in [0.1, 0.15) is 18.1 Å². The number of anilines is 2. The van der Waals surface area contributed by atoms with E-state index in [2.05, 4.69) is 10.2 Å². The molecule has 2 aromatic rings. The van der Waals surface area contributed by atoms with Crippen LogP contribution in [0.15, 0.2) is 36.4 Å². The molecule has 8 heteroatoms. The number of hydrogen-bond acceptors (Lipinski definition) is 7. The summed E-state index contributed by atoms with van der Waals surface area (Å²) in [6, 6.07) is 11.0. The molecule has 1 N–H and O–H groups in total. The van der Waals surface area contributed by atoms with Crippen LogP contribution >= 0.6 is 0 Å². The van der Waals surface area contributed by atoms with Crippen molar-refractivity contribution in [1.29, 1.82) is 0 Å². The number of carbonyl (C=O) groups excluding carboxylic acids is 1. The molecule has 1 atom stereocenters. The molecule has 8 nitrogen and oxygen atoms in total. The first-order chi connectivity index (χ1) is 15.2. The molecule has 0 aromatic heterocycles. The Morgan fingerprint density at radius 2 is 1.77 bits per heavy atom. The van der Waals surface area contributed by atoms with Gasteiger partial charge in [0.25, 0.3) is 5.91 Å². The molecule has 2 aromatic carbocycles. The number of nitrogens with zero attached hydrogens (tertiary/aromatic N) is 1. The Morgan fingerprint density at radius 3 is 2.52 bits per heavy atom. The van der Waals surface area contributed by atoms with Crippen LogP contribution in [0.5, 0.6) is 23.0 Å². The molecule has 2 aliphatic rings. The summed E-state index contributed by atoms with van der Waals surface area (Å²) in [6.45, 7) is 7.81. The summed E-state index contributed by atoms with van der Waals surface area (Å²) >= 11 is 0. The number of benzene rings is 2. The van der Waals surface area contributed by atoms with Gasteiger partial charge < -0.3 is 33.9 Å². The lowest BCUT2D eigenvalue weighted by Crippen LogP contribution is -2.40. The van der Waals surface area contributed by atoms with Crippen molar-refractivity contribution in [2.24, 2.45) is 0 Å². The first-order valence-electron chi connectivity index (χ1n) is 10.6. The molecule has 31 heavy (non-hydrogen) atoms. The molecule has 1 unspecified atom stereocenters. The van der Waals surface area contributed by atoms with Crippen LogP contribution in [0.4, 0.5) is 11.4 Å². The van der Waals surface area contributed by atoms with E-state index in [1.165, 1.54) is 0 Å². The number of hydrogen-bond donors (Lipinski definition) is 1. The van der Waals surface area contributed by atoms with Gasteiger partial charge in [0.05, 0.1) is 37.8 Å². The number of ether oxygens (including phenoxy) is 5. The van der Waals surface area contributed by atoms with Gasteiger partial charge in [0, 0.05) is 25.2 Å². The lowest BCUT2D eigenvalue weighted by atomic mass is 10.2. The summed E-state index contributed by atoms with van der Waals surface area (Å²) in [4.78, 5) is 15.2. The average molecular weight is 428 g/mol. The van der Waals surface area contributed by atoms with E-state index >= 15 is 0 Å². The van der Waals surface area contributed by atoms with E-state index < -0.39 is 6.10 Å². The molecule has 1 saturated heterocycles. The van der Waals surface area contributed by atoms with E-state index in [9.17, 15) is 4.79 Å². The summed E-state index contributed by atoms with van der Waals surface area (Å²) in [7, 11) is 0. The Bertz CT molecular complexity index is 913. The van der Waals surface area contributed by atoms with Gasteiger partial charge in [-0.05, 0) is 26.0 Å². The first-order valence-corrected chi connectivity index (χ1v) is 10.6. The van der Waals surface area contributed by atoms with E-state index in [0.717, 1.165) is 18.8 Å². The van der Waals surface area contributed by atoms with Gasteiger partial charge in [-0.15, -0.1) is 0 Å². The molecule has 2 aliphatic heterocycles. The molecule has 1 amide bonds. The molecule has 0 aliphatic carbocycles. The highest BCUT2D eigenvalue weighted by Crippen LogP contribution is 2.40. The normalized spacial score (nSPS) is 17.7. The van der Waals surface area contributed by atoms with Crippen molar-refractivity contribution in [2.45, 2.75) is 20.0 Å². The minimum Gasteiger partial charge on any atom is -0.492 e. The monoisotopic (exact) mass is 428 g/mol. The minimum absolute atomic E-state index is 0.136. The van der Waals surface area contributed by atoms with Crippen LogP contribution in [0.25, 0.3) is 0 Å². The highest BCUT2D eigenvalue weighted by Gasteiger charge is 2.29. The molecule has 4 rings (SSSR count). The third kappa shape index (κ3) is 4.80. The Hall–Kier alpha value is -3.13. The number of fused-ring (bicyclic) bond motifs is 1. The van der Waals surface area contributed by atoms with Crippen molar-refractivity contribution < 1.29 is 28.5 Å². The highest BCUT2D eigenvalue weighted by molar-refractivity contribution is 5.97. The van der Waals surface area contributed by atoms with Crippen molar-refractivity contribution in [2.75, 3.05) is 56.3 Å². The van der Waals surface area contributed by atoms with Crippen LogP contribution in [-0.4, -0.2) is 58.1 Å². The average Bonchev–Trinajstić information content (AvgIpc) is 2.81. The van der Waals surface area contributed by atoms with Gasteiger partial charge in [-0.2, -0.15) is 0 Å². The molecule has 0 radical (unpaired) electrons. The number of amides is 1. The summed E-state index contributed by atoms with van der Waals surface area (Å²) in [5.41, 5.74) is 1.47. The summed E-state index contributed by atoms with van der Waals surface area (Å²) in [5, 5.41) is 2.93. The van der Waals surface area contributed by atoms with E-state index in [4.69, 9.17) is 23.7 Å². The van der Waals surface area contributed by atoms with Crippen molar-refractivity contribution in [1.82, 2.24) is 0 Å². The summed E-state index contributed by atoms with van der Waals surface area (Å²) in [6.07, 6.45) is -0.765. The fraction of sp³-hybridized carbons (Fsp3) is 0.435. The minimum atomic E-state index is -0.765. The van der Waals surface area contributed by atoms with Crippen molar-refractivity contribution in [3.8, 4) is 23.0 Å². The fourth-order valence-corrected chi connectivity index (χ4v) is 3.61. The second kappa shape index (κ2) is 9.78. The van der Waals surface area contributed by atoms with E-state index in [1.54, 1.807) is 6.07 Å². The summed E-state index contributed by atoms with van der Waals surface area (Å²) in [5.74, 6) is 2.15. The SMILES string of the molecule is CCOc1cc(N2CCOCC2)c(OCC)cc1NC(=O)C1COc2ccccc2O1. The molecule has 0 saturated carbocycles. The zero-order chi connectivity index (χ0) is 21.6. The molecule has 166 valence electrons. The highest BCUT2D eigenvalue weighted by atomic mass is 16.6. The van der Waals surface area contributed by atoms with Crippen molar-refractivity contribution >= 4 is 17.3 Å². The Morgan fingerprint density at radius 1 is 1.06 bits per heavy atom. The maximum absolute atomic E-state index is 13.0. The summed E-state index contributed by atoms with van der Waals surface area (Å²) < 4.78 is 28.7. The predicted molar refractivity (Wildman–Crippen MR) is 117 cm³/mol. The van der Waals surface area contributed by atoms with Crippen molar-refractivity contribution in [3.05, 3.63) is 36.4 Å². The van der Waals surface area contributed by atoms with Gasteiger partial charge in [0.15, 0.2) is 11.5 Å². The maximum Gasteiger partial charge on any atom is 0.269 e. The lowest BCUT2D eigenvalue weighted by Gasteiger charge is -2.31. The van der Waals surface area contributed by atoms with Gasteiger partial charge in [0.2, 0.25) is 6.10 Å². The van der Waals surface area contributed by atoms with Gasteiger partial charge in [-0.25, -0.2) is 0 Å². The quantitative estimate of drug-likeness (QED) is 0.726. The van der Waals surface area contributed by atoms with Crippen molar-refractivity contribution in [3.63, 3.8) is 0 Å². The fourth-order valence-electron chi connectivity index (χ4n) is 3.61. The Labute approximate surface area is 182 Å². The number of rotatable bonds is 7. The van der Waals surface area contributed by atoms with Gasteiger partial charge in [-0.3, -0.25) is 4.79 Å². The van der Waals surface area contributed by atoms with Gasteiger partial charge in [-0.1, -0.05) is 12.1 Å². The zero-order valence-electron chi connectivity index (χ0n) is 17.9. The standard InChI is InChI=1S/C23H28N2O6/c1-3-28-20-14-17(25-9-11-27-12-10-25)21(29-4-2)13-16(20)24-23(26)22-15-30-18-7-5-6-8-19(18)31-22/h5-8,13-14,22H,3-4,9-12,15H2,1-2H3,(H,24,26). The van der Waals surface area contributed by atoms with Gasteiger partial charge >= 0.3 is 0 Å². The largest absolute Gasteiger partial charge is 0.492 e. The molecule has 1 fully saturated rings. The molecule has 2 heterocycles. The Balaban J connectivity index is 1.57. The van der Waals surface area contributed by atoms with E-state index in [-0.39, 0.29) is 12.5 Å². The second-order valence-corrected chi connectivity index (χ2v) is 7.14. The third-order valence-electron chi connectivity index (χ3n) is 5.07. The van der Waals surface area contributed by atoms with Crippen LogP contribution in [0, 0.1) is 0 Å². The van der Waals surface area contributed by atoms with Crippen LogP contribution in [0.2, 0.25) is 0 Å².